The zero-order valence-corrected chi connectivity index (χ0v) is 14.8. The number of hydrogen-bond donors (Lipinski definition) is 0. The number of carbonyl (C=O) groups excluding carboxylic acids is 2. The zero-order chi connectivity index (χ0) is 16.8. The first-order valence-corrected chi connectivity index (χ1v) is 8.61. The molecular formula is C15H13BrN2O4S. The van der Waals surface area contributed by atoms with E-state index in [1.54, 1.807) is 31.4 Å². The lowest BCUT2D eigenvalue weighted by atomic mass is 10.2. The van der Waals surface area contributed by atoms with Crippen LogP contribution < -0.4 is 4.74 Å². The molecule has 0 aliphatic heterocycles. The van der Waals surface area contributed by atoms with Gasteiger partial charge < -0.3 is 9.47 Å². The van der Waals surface area contributed by atoms with Crippen molar-refractivity contribution in [1.29, 1.82) is 0 Å². The van der Waals surface area contributed by atoms with E-state index in [1.165, 1.54) is 18.0 Å². The lowest BCUT2D eigenvalue weighted by Crippen LogP contribution is -2.09. The monoisotopic (exact) mass is 396 g/mol. The van der Waals surface area contributed by atoms with Crippen LogP contribution in [-0.4, -0.2) is 35.1 Å². The van der Waals surface area contributed by atoms with Crippen molar-refractivity contribution in [3.63, 3.8) is 0 Å². The summed E-state index contributed by atoms with van der Waals surface area (Å²) in [4.78, 5) is 31.4. The second-order valence-corrected chi connectivity index (χ2v) is 5.89. The molecule has 6 nitrogen and oxygen atoms in total. The van der Waals surface area contributed by atoms with E-state index in [2.05, 4.69) is 25.9 Å². The third-order valence-electron chi connectivity index (χ3n) is 2.72. The molecular weight excluding hydrogens is 384 g/mol. The van der Waals surface area contributed by atoms with E-state index >= 15 is 0 Å². The van der Waals surface area contributed by atoms with Crippen LogP contribution in [0.25, 0.3) is 0 Å². The normalized spacial score (nSPS) is 10.2. The predicted octanol–water partition coefficient (Wildman–Crippen LogP) is 3.74. The molecule has 0 spiro atoms. The average molecular weight is 397 g/mol. The minimum atomic E-state index is -0.583. The molecule has 0 aliphatic carbocycles. The molecule has 1 aromatic carbocycles. The van der Waals surface area contributed by atoms with Gasteiger partial charge in [-0.2, -0.15) is 4.98 Å². The zero-order valence-electron chi connectivity index (χ0n) is 12.4. The van der Waals surface area contributed by atoms with Gasteiger partial charge in [-0.1, -0.05) is 27.7 Å². The van der Waals surface area contributed by atoms with Gasteiger partial charge in [-0.05, 0) is 31.4 Å². The van der Waals surface area contributed by atoms with Gasteiger partial charge in [0, 0.05) is 10.7 Å². The minimum absolute atomic E-state index is 0.0493. The van der Waals surface area contributed by atoms with Crippen molar-refractivity contribution in [3.8, 4) is 11.6 Å². The third kappa shape index (κ3) is 4.29. The Balaban J connectivity index is 2.45. The SMILES string of the molecule is CCOC(=O)c1cnc(SC)nc1Oc1ccc(Br)cc1C=O. The van der Waals surface area contributed by atoms with E-state index in [4.69, 9.17) is 9.47 Å². The molecule has 0 N–H and O–H groups in total. The second kappa shape index (κ2) is 8.07. The van der Waals surface area contributed by atoms with E-state index in [-0.39, 0.29) is 18.1 Å². The first-order valence-electron chi connectivity index (χ1n) is 6.59. The van der Waals surface area contributed by atoms with E-state index in [1.807, 2.05) is 0 Å². The fraction of sp³-hybridized carbons (Fsp3) is 0.200. The average Bonchev–Trinajstić information content (AvgIpc) is 2.56. The maximum Gasteiger partial charge on any atom is 0.345 e. The first-order chi connectivity index (χ1) is 11.1. The van der Waals surface area contributed by atoms with Gasteiger partial charge in [0.2, 0.25) is 5.88 Å². The van der Waals surface area contributed by atoms with Gasteiger partial charge in [0.1, 0.15) is 11.3 Å². The summed E-state index contributed by atoms with van der Waals surface area (Å²) in [5, 5.41) is 0.442. The van der Waals surface area contributed by atoms with Crippen LogP contribution in [0, 0.1) is 0 Å². The molecule has 0 unspecified atom stereocenters. The molecule has 120 valence electrons. The molecule has 1 aromatic heterocycles. The number of thioether (sulfide) groups is 1. The van der Waals surface area contributed by atoms with Gasteiger partial charge in [-0.25, -0.2) is 9.78 Å². The number of aromatic nitrogens is 2. The fourth-order valence-electron chi connectivity index (χ4n) is 1.68. The van der Waals surface area contributed by atoms with Gasteiger partial charge in [-0.3, -0.25) is 4.79 Å². The van der Waals surface area contributed by atoms with Crippen LogP contribution in [0.4, 0.5) is 0 Å². The van der Waals surface area contributed by atoms with Gasteiger partial charge in [0.05, 0.1) is 12.2 Å². The summed E-state index contributed by atoms with van der Waals surface area (Å²) < 4.78 is 11.4. The topological polar surface area (TPSA) is 78.4 Å². The number of aldehydes is 1. The van der Waals surface area contributed by atoms with E-state index in [0.29, 0.717) is 22.8 Å². The van der Waals surface area contributed by atoms with Gasteiger partial charge in [0.15, 0.2) is 11.4 Å². The molecule has 0 fully saturated rings. The quantitative estimate of drug-likeness (QED) is 0.318. The Morgan fingerprint density at radius 1 is 1.43 bits per heavy atom. The number of benzene rings is 1. The smallest absolute Gasteiger partial charge is 0.345 e. The first kappa shape index (κ1) is 17.4. The molecule has 1 heterocycles. The lowest BCUT2D eigenvalue weighted by Gasteiger charge is -2.11. The van der Waals surface area contributed by atoms with Gasteiger partial charge >= 0.3 is 5.97 Å². The van der Waals surface area contributed by atoms with Crippen molar-refractivity contribution in [2.75, 3.05) is 12.9 Å². The Morgan fingerprint density at radius 3 is 2.87 bits per heavy atom. The van der Waals surface area contributed by atoms with E-state index in [9.17, 15) is 9.59 Å². The number of nitrogens with zero attached hydrogens (tertiary/aromatic N) is 2. The van der Waals surface area contributed by atoms with Gasteiger partial charge in [0.25, 0.3) is 0 Å². The number of hydrogen-bond acceptors (Lipinski definition) is 7. The van der Waals surface area contributed by atoms with Crippen LogP contribution in [0.1, 0.15) is 27.6 Å². The van der Waals surface area contributed by atoms with Crippen molar-refractivity contribution in [1.82, 2.24) is 9.97 Å². The van der Waals surface area contributed by atoms with E-state index in [0.717, 1.165) is 4.47 Å². The highest BCUT2D eigenvalue weighted by Crippen LogP contribution is 2.29. The highest BCUT2D eigenvalue weighted by molar-refractivity contribution is 9.10. The Labute approximate surface area is 145 Å². The number of esters is 1. The van der Waals surface area contributed by atoms with Crippen LogP contribution in [0.3, 0.4) is 0 Å². The highest BCUT2D eigenvalue weighted by atomic mass is 79.9. The molecule has 0 bridgehead atoms. The molecule has 0 saturated carbocycles. The molecule has 0 aliphatic rings. The van der Waals surface area contributed by atoms with Crippen molar-refractivity contribution in [3.05, 3.63) is 40.0 Å². The molecule has 0 amide bonds. The Hall–Kier alpha value is -1.93. The Bertz CT molecular complexity index is 739. The lowest BCUT2D eigenvalue weighted by molar-refractivity contribution is 0.0521. The fourth-order valence-corrected chi connectivity index (χ4v) is 2.40. The summed E-state index contributed by atoms with van der Waals surface area (Å²) in [7, 11) is 0. The highest BCUT2D eigenvalue weighted by Gasteiger charge is 2.19. The summed E-state index contributed by atoms with van der Waals surface area (Å²) in [6, 6.07) is 4.95. The number of carbonyl (C=O) groups is 2. The molecule has 0 radical (unpaired) electrons. The standard InChI is InChI=1S/C15H13BrN2O4S/c1-3-21-14(20)11-7-17-15(23-2)18-13(11)22-12-5-4-10(16)6-9(12)8-19/h4-8H,3H2,1-2H3. The summed E-state index contributed by atoms with van der Waals surface area (Å²) in [6.45, 7) is 1.93. The maximum absolute atomic E-state index is 12.0. The number of ether oxygens (including phenoxy) is 2. The Morgan fingerprint density at radius 2 is 2.22 bits per heavy atom. The summed E-state index contributed by atoms with van der Waals surface area (Å²) in [5.74, 6) is -0.243. The van der Waals surface area contributed by atoms with Crippen LogP contribution in [0.15, 0.2) is 34.0 Å². The third-order valence-corrected chi connectivity index (χ3v) is 3.77. The maximum atomic E-state index is 12.0. The van der Waals surface area contributed by atoms with Crippen LogP contribution in [0.5, 0.6) is 11.6 Å². The summed E-state index contributed by atoms with van der Waals surface area (Å²) in [6.07, 6.45) is 3.83. The molecule has 23 heavy (non-hydrogen) atoms. The van der Waals surface area contributed by atoms with Crippen molar-refractivity contribution in [2.24, 2.45) is 0 Å². The second-order valence-electron chi connectivity index (χ2n) is 4.20. The van der Waals surface area contributed by atoms with Crippen LogP contribution in [-0.2, 0) is 4.74 Å². The van der Waals surface area contributed by atoms with Crippen molar-refractivity contribution < 1.29 is 19.1 Å². The molecule has 0 saturated heterocycles. The minimum Gasteiger partial charge on any atom is -0.462 e. The van der Waals surface area contributed by atoms with Crippen molar-refractivity contribution >= 4 is 39.9 Å². The molecule has 0 atom stereocenters. The Kier molecular flexibility index (Phi) is 6.12. The van der Waals surface area contributed by atoms with Crippen LogP contribution >= 0.6 is 27.7 Å². The van der Waals surface area contributed by atoms with Gasteiger partial charge in [-0.15, -0.1) is 0 Å². The largest absolute Gasteiger partial charge is 0.462 e. The molecule has 2 aromatic rings. The molecule has 8 heteroatoms. The summed E-state index contributed by atoms with van der Waals surface area (Å²) in [5.41, 5.74) is 0.433. The molecule has 2 rings (SSSR count). The predicted molar refractivity (Wildman–Crippen MR) is 89.4 cm³/mol. The van der Waals surface area contributed by atoms with Crippen LogP contribution in [0.2, 0.25) is 0 Å². The van der Waals surface area contributed by atoms with E-state index < -0.39 is 5.97 Å². The summed E-state index contributed by atoms with van der Waals surface area (Å²) >= 11 is 4.59. The van der Waals surface area contributed by atoms with Crippen molar-refractivity contribution in [2.45, 2.75) is 12.1 Å². The number of halogens is 1. The number of rotatable bonds is 6.